The Bertz CT molecular complexity index is 206. The van der Waals surface area contributed by atoms with Gasteiger partial charge in [-0.05, 0) is 0 Å². The van der Waals surface area contributed by atoms with E-state index in [1.165, 1.54) is 0 Å². The van der Waals surface area contributed by atoms with Crippen LogP contribution < -0.4 is 0 Å². The summed E-state index contributed by atoms with van der Waals surface area (Å²) in [5.74, 6) is -6.05. The number of rotatable bonds is 5. The van der Waals surface area contributed by atoms with E-state index in [1.54, 1.807) is 0 Å². The maximum atomic E-state index is 13.0. The first-order valence-corrected chi connectivity index (χ1v) is 3.54. The van der Waals surface area contributed by atoms with Crippen molar-refractivity contribution in [1.82, 2.24) is 0 Å². The molecule has 0 saturated carbocycles. The molecule has 0 spiro atoms. The van der Waals surface area contributed by atoms with Gasteiger partial charge in [0.1, 0.15) is 12.2 Å². The molecule has 0 fully saturated rings. The Morgan fingerprint density at radius 3 is 2.07 bits per heavy atom. The summed E-state index contributed by atoms with van der Waals surface area (Å²) >= 11 is 0. The molecule has 0 aliphatic heterocycles. The number of hydrogen-bond acceptors (Lipinski definition) is 6. The lowest BCUT2D eigenvalue weighted by molar-refractivity contribution is -0.251. The number of aliphatic hydroxyl groups is 5. The number of aliphatic hydroxyl groups excluding tert-OH is 4. The molecule has 0 aromatic carbocycles. The second-order valence-electron chi connectivity index (χ2n) is 2.66. The molecule has 0 aromatic rings. The summed E-state index contributed by atoms with van der Waals surface area (Å²) < 4.78 is 13.0. The second-order valence-corrected chi connectivity index (χ2v) is 2.66. The number of alkyl halides is 1. The molecule has 7 nitrogen and oxygen atoms in total. The van der Waals surface area contributed by atoms with E-state index >= 15 is 0 Å². The van der Waals surface area contributed by atoms with Crippen molar-refractivity contribution in [3.8, 4) is 0 Å². The number of carbonyl (C=O) groups is 1. The van der Waals surface area contributed by atoms with Crippen LogP contribution in [0.1, 0.15) is 0 Å². The standard InChI is InChI=1S/C6H11FO7/c7-6(14,4(11)5(12)13)3(10)2(9)1-8/h2-4,8-11,14H,1H2,(H,12,13)/t2-,3+,4+,6+/m1/s1. The van der Waals surface area contributed by atoms with Crippen LogP contribution in [0, 0.1) is 0 Å². The minimum absolute atomic E-state index is 1.10. The average molecular weight is 214 g/mol. The third kappa shape index (κ3) is 2.59. The van der Waals surface area contributed by atoms with Gasteiger partial charge in [0.2, 0.25) is 6.10 Å². The van der Waals surface area contributed by atoms with Crippen molar-refractivity contribution in [3.05, 3.63) is 0 Å². The monoisotopic (exact) mass is 214 g/mol. The van der Waals surface area contributed by atoms with Crippen LogP contribution in [0.15, 0.2) is 0 Å². The molecule has 0 aliphatic rings. The molecule has 8 heteroatoms. The first kappa shape index (κ1) is 13.2. The van der Waals surface area contributed by atoms with Gasteiger partial charge in [-0.25, -0.2) is 9.18 Å². The maximum absolute atomic E-state index is 13.0. The average Bonchev–Trinajstić information content (AvgIpc) is 2.13. The zero-order valence-electron chi connectivity index (χ0n) is 6.91. The van der Waals surface area contributed by atoms with E-state index < -0.39 is 36.7 Å². The highest BCUT2D eigenvalue weighted by Gasteiger charge is 2.50. The van der Waals surface area contributed by atoms with E-state index in [9.17, 15) is 9.18 Å². The van der Waals surface area contributed by atoms with Crippen LogP contribution >= 0.6 is 0 Å². The van der Waals surface area contributed by atoms with Crippen molar-refractivity contribution >= 4 is 5.97 Å². The predicted molar refractivity (Wildman–Crippen MR) is 38.8 cm³/mol. The SMILES string of the molecule is O=C(O)[C@H](O)[C@](O)(F)[C@@H](O)[C@H](O)CO. The number of aliphatic carboxylic acids is 1. The molecular weight excluding hydrogens is 203 g/mol. The Morgan fingerprint density at radius 1 is 1.36 bits per heavy atom. The minimum atomic E-state index is -3.94. The molecule has 14 heavy (non-hydrogen) atoms. The lowest BCUT2D eigenvalue weighted by Gasteiger charge is -2.29. The molecule has 0 unspecified atom stereocenters. The van der Waals surface area contributed by atoms with Crippen molar-refractivity contribution in [2.75, 3.05) is 6.61 Å². The van der Waals surface area contributed by atoms with Crippen molar-refractivity contribution in [2.24, 2.45) is 0 Å². The van der Waals surface area contributed by atoms with Crippen molar-refractivity contribution in [2.45, 2.75) is 24.2 Å². The molecule has 0 heterocycles. The van der Waals surface area contributed by atoms with Crippen molar-refractivity contribution in [3.63, 3.8) is 0 Å². The van der Waals surface area contributed by atoms with Gasteiger partial charge < -0.3 is 30.6 Å². The van der Waals surface area contributed by atoms with Gasteiger partial charge in [-0.15, -0.1) is 0 Å². The Labute approximate surface area is 77.7 Å². The highest BCUT2D eigenvalue weighted by molar-refractivity contribution is 5.73. The van der Waals surface area contributed by atoms with Gasteiger partial charge in [0.05, 0.1) is 6.61 Å². The molecular formula is C6H11FO7. The molecule has 0 saturated heterocycles. The fourth-order valence-corrected chi connectivity index (χ4v) is 0.705. The molecule has 0 aliphatic carbocycles. The van der Waals surface area contributed by atoms with Gasteiger partial charge in [0.25, 0.3) is 5.85 Å². The molecule has 0 amide bonds. The lowest BCUT2D eigenvalue weighted by Crippen LogP contribution is -2.57. The molecule has 6 N–H and O–H groups in total. The summed E-state index contributed by atoms with van der Waals surface area (Å²) in [6, 6.07) is 0. The molecule has 0 aromatic heterocycles. The zero-order valence-corrected chi connectivity index (χ0v) is 6.91. The summed E-state index contributed by atoms with van der Waals surface area (Å²) in [4.78, 5) is 10.1. The highest BCUT2D eigenvalue weighted by Crippen LogP contribution is 2.20. The Balaban J connectivity index is 4.67. The zero-order chi connectivity index (χ0) is 11.5. The largest absolute Gasteiger partial charge is 0.479 e. The van der Waals surface area contributed by atoms with E-state index in [4.69, 9.17) is 30.6 Å². The van der Waals surface area contributed by atoms with Crippen LogP contribution in [0.4, 0.5) is 4.39 Å². The van der Waals surface area contributed by atoms with E-state index in [1.807, 2.05) is 0 Å². The second kappa shape index (κ2) is 4.62. The number of hydrogen-bond donors (Lipinski definition) is 6. The van der Waals surface area contributed by atoms with E-state index in [0.29, 0.717) is 0 Å². The van der Waals surface area contributed by atoms with Gasteiger partial charge in [0, 0.05) is 0 Å². The smallest absolute Gasteiger partial charge is 0.338 e. The molecule has 84 valence electrons. The van der Waals surface area contributed by atoms with Gasteiger partial charge in [-0.3, -0.25) is 0 Å². The summed E-state index contributed by atoms with van der Waals surface area (Å²) in [7, 11) is 0. The quantitative estimate of drug-likeness (QED) is 0.283. The molecule has 0 bridgehead atoms. The highest BCUT2D eigenvalue weighted by atomic mass is 19.2. The Kier molecular flexibility index (Phi) is 4.36. The number of carboxylic acids is 1. The van der Waals surface area contributed by atoms with Gasteiger partial charge >= 0.3 is 5.97 Å². The van der Waals surface area contributed by atoms with E-state index in [2.05, 4.69) is 0 Å². The van der Waals surface area contributed by atoms with Crippen LogP contribution in [-0.4, -0.2) is 67.4 Å². The van der Waals surface area contributed by atoms with Crippen LogP contribution in [0.5, 0.6) is 0 Å². The fraction of sp³-hybridized carbons (Fsp3) is 0.833. The summed E-state index contributed by atoms with van der Waals surface area (Å²) in [6.45, 7) is -1.10. The number of carboxylic acid groups (broad SMARTS) is 1. The molecule has 0 rings (SSSR count). The molecule has 4 atom stereocenters. The maximum Gasteiger partial charge on any atom is 0.338 e. The first-order valence-electron chi connectivity index (χ1n) is 3.54. The first-order chi connectivity index (χ1) is 6.25. The summed E-state index contributed by atoms with van der Waals surface area (Å²) in [6.07, 6.45) is -7.64. The van der Waals surface area contributed by atoms with E-state index in [0.717, 1.165) is 0 Å². The normalized spacial score (nSPS) is 22.1. The summed E-state index contributed by atoms with van der Waals surface area (Å²) in [5.41, 5.74) is 0. The lowest BCUT2D eigenvalue weighted by atomic mass is 10.0. The van der Waals surface area contributed by atoms with Crippen LogP contribution in [0.2, 0.25) is 0 Å². The third-order valence-corrected chi connectivity index (χ3v) is 1.58. The summed E-state index contributed by atoms with van der Waals surface area (Å²) in [5, 5.41) is 51.2. The third-order valence-electron chi connectivity index (χ3n) is 1.58. The predicted octanol–water partition coefficient (Wildman–Crippen LogP) is -3.20. The van der Waals surface area contributed by atoms with Gasteiger partial charge in [-0.2, -0.15) is 0 Å². The molecule has 0 radical (unpaired) electrons. The fourth-order valence-electron chi connectivity index (χ4n) is 0.705. The van der Waals surface area contributed by atoms with Crippen LogP contribution in [0.25, 0.3) is 0 Å². The van der Waals surface area contributed by atoms with Crippen molar-refractivity contribution < 1.29 is 39.8 Å². The van der Waals surface area contributed by atoms with Crippen molar-refractivity contribution in [1.29, 1.82) is 0 Å². The van der Waals surface area contributed by atoms with Crippen LogP contribution in [0.3, 0.4) is 0 Å². The van der Waals surface area contributed by atoms with Gasteiger partial charge in [0.15, 0.2) is 0 Å². The topological polar surface area (TPSA) is 138 Å². The van der Waals surface area contributed by atoms with Crippen LogP contribution in [-0.2, 0) is 4.79 Å². The van der Waals surface area contributed by atoms with Gasteiger partial charge in [-0.1, -0.05) is 0 Å². The Morgan fingerprint density at radius 2 is 1.79 bits per heavy atom. The minimum Gasteiger partial charge on any atom is -0.479 e. The van der Waals surface area contributed by atoms with E-state index in [-0.39, 0.29) is 0 Å². The Hall–Kier alpha value is -0.800. The number of halogens is 1.